The van der Waals surface area contributed by atoms with Gasteiger partial charge in [-0.25, -0.2) is 4.98 Å². The highest BCUT2D eigenvalue weighted by atomic mass is 35.5. The van der Waals surface area contributed by atoms with E-state index in [4.69, 9.17) is 23.2 Å². The van der Waals surface area contributed by atoms with Crippen molar-refractivity contribution >= 4 is 58.8 Å². The summed E-state index contributed by atoms with van der Waals surface area (Å²) >= 11 is 12.5. The summed E-state index contributed by atoms with van der Waals surface area (Å²) in [6.07, 6.45) is 7.09. The second-order valence-corrected chi connectivity index (χ2v) is 6.67. The minimum absolute atomic E-state index is 0. The van der Waals surface area contributed by atoms with E-state index in [1.807, 2.05) is 0 Å². The van der Waals surface area contributed by atoms with Gasteiger partial charge in [-0.1, -0.05) is 29.6 Å². The van der Waals surface area contributed by atoms with Gasteiger partial charge in [-0.05, 0) is 31.5 Å². The maximum absolute atomic E-state index is 12.3. The number of hydrogen-bond acceptors (Lipinski definition) is 5. The van der Waals surface area contributed by atoms with E-state index in [1.54, 1.807) is 12.1 Å². The van der Waals surface area contributed by atoms with Gasteiger partial charge in [0.2, 0.25) is 5.91 Å². The highest BCUT2D eigenvalue weighted by molar-refractivity contribution is 6.40. The maximum atomic E-state index is 12.3. The van der Waals surface area contributed by atoms with E-state index >= 15 is 0 Å². The van der Waals surface area contributed by atoms with Gasteiger partial charge in [0.25, 0.3) is 5.91 Å². The first-order valence-corrected chi connectivity index (χ1v) is 8.91. The van der Waals surface area contributed by atoms with Crippen LogP contribution in [0.3, 0.4) is 0 Å². The number of nitrogens with one attached hydrogen (secondary N) is 3. The third kappa shape index (κ3) is 5.52. The molecule has 27 heavy (non-hydrogen) atoms. The zero-order valence-corrected chi connectivity index (χ0v) is 16.5. The molecule has 1 aliphatic heterocycles. The van der Waals surface area contributed by atoms with Crippen molar-refractivity contribution in [3.05, 3.63) is 46.5 Å². The SMILES string of the molecule is Cl.O=C(Nc1c(Cl)cc(NC(=O)C2CCCCN2)cc1Cl)c1cnccn1. The highest BCUT2D eigenvalue weighted by Crippen LogP contribution is 2.34. The predicted molar refractivity (Wildman–Crippen MR) is 108 cm³/mol. The standard InChI is InChI=1S/C17H17Cl2N5O2.ClH/c18-11-7-10(23-16(25)13-3-1-2-4-21-13)8-12(19)15(11)24-17(26)14-9-20-5-6-22-14;/h5-9,13,21H,1-4H2,(H,23,25)(H,24,26);1H. The van der Waals surface area contributed by atoms with Crippen molar-refractivity contribution in [2.45, 2.75) is 25.3 Å². The maximum Gasteiger partial charge on any atom is 0.275 e. The molecule has 0 aliphatic carbocycles. The van der Waals surface area contributed by atoms with Crippen LogP contribution in [0.25, 0.3) is 0 Å². The average Bonchev–Trinajstić information content (AvgIpc) is 2.66. The van der Waals surface area contributed by atoms with Gasteiger partial charge in [0.15, 0.2) is 0 Å². The Balaban J connectivity index is 0.00000261. The first-order valence-electron chi connectivity index (χ1n) is 8.15. The number of hydrogen-bond donors (Lipinski definition) is 3. The summed E-state index contributed by atoms with van der Waals surface area (Å²) in [7, 11) is 0. The molecule has 7 nitrogen and oxygen atoms in total. The molecule has 1 aromatic carbocycles. The molecule has 2 heterocycles. The van der Waals surface area contributed by atoms with Gasteiger partial charge in [0.1, 0.15) is 5.69 Å². The molecule has 144 valence electrons. The second-order valence-electron chi connectivity index (χ2n) is 5.85. The summed E-state index contributed by atoms with van der Waals surface area (Å²) in [6, 6.07) is 2.86. The lowest BCUT2D eigenvalue weighted by molar-refractivity contribution is -0.118. The molecule has 1 aliphatic rings. The fourth-order valence-electron chi connectivity index (χ4n) is 2.66. The Morgan fingerprint density at radius 1 is 1.11 bits per heavy atom. The van der Waals surface area contributed by atoms with Crippen molar-refractivity contribution in [2.24, 2.45) is 0 Å². The van der Waals surface area contributed by atoms with Gasteiger partial charge >= 0.3 is 0 Å². The molecular weight excluding hydrogens is 413 g/mol. The van der Waals surface area contributed by atoms with Gasteiger partial charge in [0.05, 0.1) is 28.0 Å². The Labute approximate surface area is 172 Å². The molecular formula is C17H18Cl3N5O2. The molecule has 0 radical (unpaired) electrons. The number of halogens is 3. The van der Waals surface area contributed by atoms with E-state index in [1.165, 1.54) is 18.6 Å². The lowest BCUT2D eigenvalue weighted by atomic mass is 10.0. The van der Waals surface area contributed by atoms with Gasteiger partial charge in [-0.2, -0.15) is 0 Å². The van der Waals surface area contributed by atoms with Crippen molar-refractivity contribution in [3.8, 4) is 0 Å². The molecule has 1 fully saturated rings. The van der Waals surface area contributed by atoms with Crippen molar-refractivity contribution in [2.75, 3.05) is 17.2 Å². The molecule has 0 bridgehead atoms. The van der Waals surface area contributed by atoms with Crippen LogP contribution in [0, 0.1) is 0 Å². The number of carbonyl (C=O) groups is 2. The van der Waals surface area contributed by atoms with Crippen molar-refractivity contribution in [3.63, 3.8) is 0 Å². The molecule has 0 saturated carbocycles. The molecule has 1 unspecified atom stereocenters. The second kappa shape index (κ2) is 9.85. The number of amides is 2. The van der Waals surface area contributed by atoms with E-state index in [0.717, 1.165) is 25.8 Å². The fraction of sp³-hybridized carbons (Fsp3) is 0.294. The van der Waals surface area contributed by atoms with Crippen molar-refractivity contribution in [1.82, 2.24) is 15.3 Å². The van der Waals surface area contributed by atoms with Crippen molar-refractivity contribution in [1.29, 1.82) is 0 Å². The summed E-state index contributed by atoms with van der Waals surface area (Å²) in [5, 5.41) is 9.00. The zero-order valence-electron chi connectivity index (χ0n) is 14.2. The Bertz CT molecular complexity index is 790. The van der Waals surface area contributed by atoms with Gasteiger partial charge in [0, 0.05) is 18.1 Å². The van der Waals surface area contributed by atoms with E-state index in [0.29, 0.717) is 5.69 Å². The monoisotopic (exact) mass is 429 g/mol. The molecule has 0 spiro atoms. The first-order chi connectivity index (χ1) is 12.5. The molecule has 1 atom stereocenters. The summed E-state index contributed by atoms with van der Waals surface area (Å²) in [4.78, 5) is 32.2. The zero-order chi connectivity index (χ0) is 18.5. The first kappa shape index (κ1) is 21.4. The van der Waals surface area contributed by atoms with Crippen LogP contribution in [-0.2, 0) is 4.79 Å². The van der Waals surface area contributed by atoms with Gasteiger partial charge in [-0.3, -0.25) is 14.6 Å². The topological polar surface area (TPSA) is 96.0 Å². The van der Waals surface area contributed by atoms with Crippen LogP contribution in [0.5, 0.6) is 0 Å². The lowest BCUT2D eigenvalue weighted by Gasteiger charge is -2.22. The highest BCUT2D eigenvalue weighted by Gasteiger charge is 2.21. The van der Waals surface area contributed by atoms with Crippen LogP contribution in [0.2, 0.25) is 10.0 Å². The third-order valence-electron chi connectivity index (χ3n) is 3.97. The number of aromatic nitrogens is 2. The summed E-state index contributed by atoms with van der Waals surface area (Å²) in [5.41, 5.74) is 0.855. The van der Waals surface area contributed by atoms with Crippen LogP contribution in [0.15, 0.2) is 30.7 Å². The quantitative estimate of drug-likeness (QED) is 0.689. The van der Waals surface area contributed by atoms with Crippen molar-refractivity contribution < 1.29 is 9.59 Å². The normalized spacial score (nSPS) is 16.1. The lowest BCUT2D eigenvalue weighted by Crippen LogP contribution is -2.43. The average molecular weight is 431 g/mol. The Kier molecular flexibility index (Phi) is 7.79. The minimum Gasteiger partial charge on any atom is -0.325 e. The number of benzene rings is 1. The number of nitrogens with zero attached hydrogens (tertiary/aromatic N) is 2. The summed E-state index contributed by atoms with van der Waals surface area (Å²) < 4.78 is 0. The molecule has 1 aromatic heterocycles. The van der Waals surface area contributed by atoms with E-state index in [9.17, 15) is 9.59 Å². The Morgan fingerprint density at radius 2 is 1.85 bits per heavy atom. The van der Waals surface area contributed by atoms with Crippen LogP contribution in [0.4, 0.5) is 11.4 Å². The molecule has 10 heteroatoms. The fourth-order valence-corrected chi connectivity index (χ4v) is 3.25. The Morgan fingerprint density at radius 3 is 2.44 bits per heavy atom. The number of piperidine rings is 1. The molecule has 2 amide bonds. The van der Waals surface area contributed by atoms with Gasteiger partial charge in [-0.15, -0.1) is 12.4 Å². The smallest absolute Gasteiger partial charge is 0.275 e. The number of anilines is 2. The van der Waals surface area contributed by atoms with Crippen LogP contribution >= 0.6 is 35.6 Å². The largest absolute Gasteiger partial charge is 0.325 e. The van der Waals surface area contributed by atoms with Gasteiger partial charge < -0.3 is 16.0 Å². The van der Waals surface area contributed by atoms with E-state index < -0.39 is 5.91 Å². The molecule has 3 rings (SSSR count). The molecule has 3 N–H and O–H groups in total. The van der Waals surface area contributed by atoms with Crippen LogP contribution in [-0.4, -0.2) is 34.4 Å². The third-order valence-corrected chi connectivity index (χ3v) is 4.57. The molecule has 1 saturated heterocycles. The number of rotatable bonds is 4. The van der Waals surface area contributed by atoms with E-state index in [2.05, 4.69) is 25.9 Å². The van der Waals surface area contributed by atoms with Crippen LogP contribution in [0.1, 0.15) is 29.8 Å². The molecule has 2 aromatic rings. The Hall–Kier alpha value is -1.93. The van der Waals surface area contributed by atoms with Crippen LogP contribution < -0.4 is 16.0 Å². The number of carbonyl (C=O) groups excluding carboxylic acids is 2. The summed E-state index contributed by atoms with van der Waals surface area (Å²) in [5.74, 6) is -0.613. The predicted octanol–water partition coefficient (Wildman–Crippen LogP) is 3.54. The van der Waals surface area contributed by atoms with E-state index in [-0.39, 0.29) is 45.8 Å². The summed E-state index contributed by atoms with van der Waals surface area (Å²) in [6.45, 7) is 0.826. The minimum atomic E-state index is -0.481.